The van der Waals surface area contributed by atoms with E-state index in [9.17, 15) is 13.6 Å². The van der Waals surface area contributed by atoms with E-state index in [-0.39, 0.29) is 18.1 Å². The van der Waals surface area contributed by atoms with Gasteiger partial charge in [-0.1, -0.05) is 0 Å². The molecular weight excluding hydrogens is 362 g/mol. The summed E-state index contributed by atoms with van der Waals surface area (Å²) in [6.45, 7) is 0.738. The summed E-state index contributed by atoms with van der Waals surface area (Å²) in [5.41, 5.74) is -0.0198. The van der Waals surface area contributed by atoms with Gasteiger partial charge in [-0.25, -0.2) is 8.78 Å². The van der Waals surface area contributed by atoms with Crippen molar-refractivity contribution < 1.29 is 13.6 Å². The van der Waals surface area contributed by atoms with Crippen molar-refractivity contribution >= 4 is 38.9 Å². The second-order valence-electron chi connectivity index (χ2n) is 4.55. The maximum absolute atomic E-state index is 13.4. The van der Waals surface area contributed by atoms with E-state index >= 15 is 0 Å². The molecule has 7 heteroatoms. The van der Waals surface area contributed by atoms with Gasteiger partial charge in [-0.05, 0) is 47.2 Å². The number of benzene rings is 1. The Hall–Kier alpha value is -1.31. The van der Waals surface area contributed by atoms with E-state index < -0.39 is 11.6 Å². The highest BCUT2D eigenvalue weighted by Gasteiger charge is 2.11. The molecule has 0 unspecified atom stereocenters. The maximum Gasteiger partial charge on any atom is 0.238 e. The molecule has 0 aliphatic rings. The molecule has 2 aromatic rings. The number of rotatable bonds is 5. The van der Waals surface area contributed by atoms with Crippen molar-refractivity contribution in [2.45, 2.75) is 6.54 Å². The summed E-state index contributed by atoms with van der Waals surface area (Å²) in [4.78, 5) is 14.8. The summed E-state index contributed by atoms with van der Waals surface area (Å²) in [5.74, 6) is -1.81. The molecule has 1 heterocycles. The van der Waals surface area contributed by atoms with Gasteiger partial charge >= 0.3 is 0 Å². The number of amides is 1. The number of anilines is 1. The SMILES string of the molecule is CN(CC(=O)Nc1ccc(F)cc1F)Cc1ccc(Br)s1. The van der Waals surface area contributed by atoms with Crippen LogP contribution >= 0.6 is 27.3 Å². The first-order valence-corrected chi connectivity index (χ1v) is 7.72. The minimum Gasteiger partial charge on any atom is -0.322 e. The third-order valence-corrected chi connectivity index (χ3v) is 4.28. The predicted octanol–water partition coefficient (Wildman–Crippen LogP) is 3.86. The Bertz CT molecular complexity index is 648. The Morgan fingerprint density at radius 1 is 1.33 bits per heavy atom. The lowest BCUT2D eigenvalue weighted by Crippen LogP contribution is -2.29. The number of hydrogen-bond donors (Lipinski definition) is 1. The zero-order valence-electron chi connectivity index (χ0n) is 11.2. The Labute approximate surface area is 133 Å². The van der Waals surface area contributed by atoms with Crippen molar-refractivity contribution in [2.75, 3.05) is 18.9 Å². The van der Waals surface area contributed by atoms with Crippen LogP contribution in [0.3, 0.4) is 0 Å². The number of carbonyl (C=O) groups excluding carboxylic acids is 1. The van der Waals surface area contributed by atoms with E-state index in [0.29, 0.717) is 6.54 Å². The largest absolute Gasteiger partial charge is 0.322 e. The van der Waals surface area contributed by atoms with E-state index in [1.165, 1.54) is 6.07 Å². The molecule has 0 bridgehead atoms. The van der Waals surface area contributed by atoms with Gasteiger partial charge in [0, 0.05) is 17.5 Å². The van der Waals surface area contributed by atoms with E-state index in [1.54, 1.807) is 18.4 Å². The number of thiophene rings is 1. The van der Waals surface area contributed by atoms with Gasteiger partial charge in [0.2, 0.25) is 5.91 Å². The molecule has 1 aromatic carbocycles. The molecule has 1 N–H and O–H groups in total. The van der Waals surface area contributed by atoms with Crippen molar-refractivity contribution in [1.29, 1.82) is 0 Å². The Kier molecular flexibility index (Phi) is 5.44. The Morgan fingerprint density at radius 3 is 2.71 bits per heavy atom. The fourth-order valence-corrected chi connectivity index (χ4v) is 3.35. The summed E-state index contributed by atoms with van der Waals surface area (Å²) in [7, 11) is 1.80. The number of carbonyl (C=O) groups is 1. The van der Waals surface area contributed by atoms with Crippen molar-refractivity contribution in [1.82, 2.24) is 4.90 Å². The first-order valence-electron chi connectivity index (χ1n) is 6.11. The van der Waals surface area contributed by atoms with Gasteiger partial charge in [0.1, 0.15) is 11.6 Å². The highest BCUT2D eigenvalue weighted by Crippen LogP contribution is 2.23. The molecule has 1 aromatic heterocycles. The second kappa shape index (κ2) is 7.11. The lowest BCUT2D eigenvalue weighted by molar-refractivity contribution is -0.117. The van der Waals surface area contributed by atoms with Crippen molar-refractivity contribution in [2.24, 2.45) is 0 Å². The third kappa shape index (κ3) is 4.87. The average Bonchev–Trinajstić information content (AvgIpc) is 2.78. The lowest BCUT2D eigenvalue weighted by atomic mass is 10.3. The molecule has 0 saturated heterocycles. The van der Waals surface area contributed by atoms with Gasteiger partial charge in [0.05, 0.1) is 16.0 Å². The number of likely N-dealkylation sites (N-methyl/N-ethyl adjacent to an activating group) is 1. The van der Waals surface area contributed by atoms with Gasteiger partial charge in [-0.2, -0.15) is 0 Å². The van der Waals surface area contributed by atoms with Crippen LogP contribution in [0.15, 0.2) is 34.1 Å². The average molecular weight is 375 g/mol. The fraction of sp³-hybridized carbons (Fsp3) is 0.214. The van der Waals surface area contributed by atoms with E-state index in [0.717, 1.165) is 20.8 Å². The second-order valence-corrected chi connectivity index (χ2v) is 7.10. The minimum atomic E-state index is -0.784. The van der Waals surface area contributed by atoms with Gasteiger partial charge in [-0.3, -0.25) is 9.69 Å². The van der Waals surface area contributed by atoms with Gasteiger partial charge < -0.3 is 5.32 Å². The highest BCUT2D eigenvalue weighted by atomic mass is 79.9. The molecule has 2 rings (SSSR count). The monoisotopic (exact) mass is 374 g/mol. The molecule has 0 saturated carbocycles. The summed E-state index contributed by atoms with van der Waals surface area (Å²) < 4.78 is 27.2. The topological polar surface area (TPSA) is 32.3 Å². The smallest absolute Gasteiger partial charge is 0.238 e. The normalized spacial score (nSPS) is 10.9. The first kappa shape index (κ1) is 16.1. The molecule has 0 radical (unpaired) electrons. The van der Waals surface area contributed by atoms with Gasteiger partial charge in [0.25, 0.3) is 0 Å². The van der Waals surface area contributed by atoms with E-state index in [2.05, 4.69) is 21.2 Å². The lowest BCUT2D eigenvalue weighted by Gasteiger charge is -2.15. The molecule has 0 aliphatic carbocycles. The quantitative estimate of drug-likeness (QED) is 0.861. The summed E-state index contributed by atoms with van der Waals surface area (Å²) in [5, 5.41) is 2.43. The summed E-state index contributed by atoms with van der Waals surface area (Å²) >= 11 is 4.97. The highest BCUT2D eigenvalue weighted by molar-refractivity contribution is 9.11. The molecule has 0 fully saturated rings. The standard InChI is InChI=1S/C14H13BrF2N2OS/c1-19(7-10-3-5-13(15)21-10)8-14(20)18-12-4-2-9(16)6-11(12)17/h2-6H,7-8H2,1H3,(H,18,20). The van der Waals surface area contributed by atoms with Crippen LogP contribution in [-0.2, 0) is 11.3 Å². The zero-order valence-corrected chi connectivity index (χ0v) is 13.6. The number of hydrogen-bond acceptors (Lipinski definition) is 3. The maximum atomic E-state index is 13.4. The predicted molar refractivity (Wildman–Crippen MR) is 83.3 cm³/mol. The first-order chi connectivity index (χ1) is 9.94. The Morgan fingerprint density at radius 2 is 2.10 bits per heavy atom. The summed E-state index contributed by atoms with van der Waals surface area (Å²) in [6.07, 6.45) is 0. The number of nitrogens with one attached hydrogen (secondary N) is 1. The molecule has 0 atom stereocenters. The van der Waals surface area contributed by atoms with Crippen LogP contribution < -0.4 is 5.32 Å². The summed E-state index contributed by atoms with van der Waals surface area (Å²) in [6, 6.07) is 6.97. The molecule has 0 spiro atoms. The van der Waals surface area contributed by atoms with Crippen LogP contribution in [-0.4, -0.2) is 24.4 Å². The van der Waals surface area contributed by atoms with Crippen molar-refractivity contribution in [3.05, 3.63) is 50.6 Å². The molecule has 0 aliphatic heterocycles. The molecular formula is C14H13BrF2N2OS. The molecule has 1 amide bonds. The Balaban J connectivity index is 1.89. The molecule has 112 valence electrons. The molecule has 3 nitrogen and oxygen atoms in total. The number of nitrogens with zero attached hydrogens (tertiary/aromatic N) is 1. The van der Waals surface area contributed by atoms with Crippen LogP contribution in [0.5, 0.6) is 0 Å². The van der Waals surface area contributed by atoms with E-state index in [1.807, 2.05) is 17.0 Å². The minimum absolute atomic E-state index is 0.0198. The zero-order chi connectivity index (χ0) is 15.4. The third-order valence-electron chi connectivity index (χ3n) is 2.67. The van der Waals surface area contributed by atoms with Crippen LogP contribution in [0.4, 0.5) is 14.5 Å². The van der Waals surface area contributed by atoms with Gasteiger partial charge in [-0.15, -0.1) is 11.3 Å². The fourth-order valence-electron chi connectivity index (χ4n) is 1.78. The van der Waals surface area contributed by atoms with Crippen molar-refractivity contribution in [3.63, 3.8) is 0 Å². The number of halogens is 3. The van der Waals surface area contributed by atoms with Crippen LogP contribution in [0.25, 0.3) is 0 Å². The van der Waals surface area contributed by atoms with Crippen molar-refractivity contribution in [3.8, 4) is 0 Å². The van der Waals surface area contributed by atoms with Crippen LogP contribution in [0.2, 0.25) is 0 Å². The van der Waals surface area contributed by atoms with Crippen LogP contribution in [0, 0.1) is 11.6 Å². The van der Waals surface area contributed by atoms with E-state index in [4.69, 9.17) is 0 Å². The van der Waals surface area contributed by atoms with Gasteiger partial charge in [0.15, 0.2) is 0 Å². The molecule has 21 heavy (non-hydrogen) atoms. The van der Waals surface area contributed by atoms with Crippen LogP contribution in [0.1, 0.15) is 4.88 Å².